The van der Waals surface area contributed by atoms with Crippen LogP contribution in [0.3, 0.4) is 0 Å². The summed E-state index contributed by atoms with van der Waals surface area (Å²) in [4.78, 5) is 11.9. The third-order valence-corrected chi connectivity index (χ3v) is 2.58. The number of carbonyl (C=O) groups is 1. The molecular weight excluding hydrogens is 254 g/mol. The number of carbonyl (C=O) groups excluding carboxylic acids is 1. The number of hydrogen-bond donors (Lipinski definition) is 1. The van der Waals surface area contributed by atoms with E-state index in [2.05, 4.69) is 10.5 Å². The summed E-state index contributed by atoms with van der Waals surface area (Å²) < 4.78 is 4.80. The van der Waals surface area contributed by atoms with Gasteiger partial charge in [0.05, 0.1) is 17.4 Å². The van der Waals surface area contributed by atoms with Gasteiger partial charge in [-0.2, -0.15) is 5.26 Å². The highest BCUT2D eigenvalue weighted by Crippen LogP contribution is 2.21. The van der Waals surface area contributed by atoms with Gasteiger partial charge in [-0.05, 0) is 25.1 Å². The maximum Gasteiger partial charge on any atom is 0.260 e. The zero-order valence-electron chi connectivity index (χ0n) is 9.40. The Kier molecular flexibility index (Phi) is 3.31. The molecule has 0 spiro atoms. The topological polar surface area (TPSA) is 78.9 Å². The van der Waals surface area contributed by atoms with Gasteiger partial charge in [-0.1, -0.05) is 16.8 Å². The molecular formula is C12H8ClN3O2. The number of halogens is 1. The average molecular weight is 262 g/mol. The Hall–Kier alpha value is -2.32. The molecule has 1 aromatic carbocycles. The highest BCUT2D eigenvalue weighted by Gasteiger charge is 2.14. The molecule has 0 saturated heterocycles. The van der Waals surface area contributed by atoms with E-state index in [9.17, 15) is 4.79 Å². The van der Waals surface area contributed by atoms with Gasteiger partial charge in [0.2, 0.25) is 0 Å². The number of hydrogen-bond acceptors (Lipinski definition) is 4. The van der Waals surface area contributed by atoms with Gasteiger partial charge in [-0.3, -0.25) is 4.79 Å². The minimum Gasteiger partial charge on any atom is -0.361 e. The largest absolute Gasteiger partial charge is 0.361 e. The number of rotatable bonds is 2. The molecule has 5 nitrogen and oxygen atoms in total. The van der Waals surface area contributed by atoms with E-state index in [1.165, 1.54) is 12.3 Å². The van der Waals surface area contributed by atoms with Crippen LogP contribution >= 0.6 is 11.6 Å². The lowest BCUT2D eigenvalue weighted by molar-refractivity contribution is 0.102. The van der Waals surface area contributed by atoms with Crippen molar-refractivity contribution in [1.82, 2.24) is 5.16 Å². The molecule has 0 unspecified atom stereocenters. The fraction of sp³-hybridized carbons (Fsp3) is 0.0833. The molecule has 2 rings (SSSR count). The van der Waals surface area contributed by atoms with E-state index in [-0.39, 0.29) is 0 Å². The Morgan fingerprint density at radius 2 is 2.33 bits per heavy atom. The van der Waals surface area contributed by atoms with Crippen molar-refractivity contribution in [2.75, 3.05) is 5.32 Å². The third kappa shape index (κ3) is 2.34. The average Bonchev–Trinajstić information content (AvgIpc) is 2.76. The second-order valence-corrected chi connectivity index (χ2v) is 3.99. The second kappa shape index (κ2) is 4.90. The summed E-state index contributed by atoms with van der Waals surface area (Å²) in [6.07, 6.45) is 1.32. The fourth-order valence-electron chi connectivity index (χ4n) is 1.42. The van der Waals surface area contributed by atoms with Gasteiger partial charge in [0.15, 0.2) is 0 Å². The van der Waals surface area contributed by atoms with Crippen LogP contribution < -0.4 is 5.32 Å². The van der Waals surface area contributed by atoms with Crippen LogP contribution in [0.2, 0.25) is 5.02 Å². The molecule has 0 saturated carbocycles. The minimum atomic E-state index is -0.396. The molecule has 0 aliphatic heterocycles. The van der Waals surface area contributed by atoms with E-state index < -0.39 is 5.91 Å². The van der Waals surface area contributed by atoms with Crippen molar-refractivity contribution >= 4 is 23.2 Å². The predicted octanol–water partition coefficient (Wildman–Crippen LogP) is 2.76. The molecule has 0 bridgehead atoms. The number of nitriles is 1. The molecule has 0 radical (unpaired) electrons. The molecule has 90 valence electrons. The van der Waals surface area contributed by atoms with Gasteiger partial charge >= 0.3 is 0 Å². The summed E-state index contributed by atoms with van der Waals surface area (Å²) in [7, 11) is 0. The lowest BCUT2D eigenvalue weighted by atomic mass is 10.2. The van der Waals surface area contributed by atoms with Crippen LogP contribution in [0.4, 0.5) is 5.69 Å². The van der Waals surface area contributed by atoms with Gasteiger partial charge in [0, 0.05) is 5.02 Å². The summed E-state index contributed by atoms with van der Waals surface area (Å²) in [5.74, 6) is 0.0144. The number of nitrogens with one attached hydrogen (secondary N) is 1. The first-order valence-corrected chi connectivity index (χ1v) is 5.42. The maximum atomic E-state index is 11.9. The van der Waals surface area contributed by atoms with Gasteiger partial charge in [0.1, 0.15) is 17.4 Å². The molecule has 1 heterocycles. The van der Waals surface area contributed by atoms with Crippen molar-refractivity contribution in [3.05, 3.63) is 46.3 Å². The summed E-state index contributed by atoms with van der Waals surface area (Å²) in [6, 6.07) is 6.61. The quantitative estimate of drug-likeness (QED) is 0.901. The Morgan fingerprint density at radius 1 is 1.56 bits per heavy atom. The van der Waals surface area contributed by atoms with E-state index in [1.807, 2.05) is 6.07 Å². The molecule has 0 fully saturated rings. The number of benzene rings is 1. The Morgan fingerprint density at radius 3 is 2.94 bits per heavy atom. The molecule has 1 amide bonds. The van der Waals surface area contributed by atoms with Crippen molar-refractivity contribution in [2.24, 2.45) is 0 Å². The lowest BCUT2D eigenvalue weighted by Gasteiger charge is -2.06. The highest BCUT2D eigenvalue weighted by atomic mass is 35.5. The molecule has 0 aliphatic rings. The Bertz CT molecular complexity index is 643. The number of anilines is 1. The van der Waals surface area contributed by atoms with Gasteiger partial charge < -0.3 is 9.84 Å². The van der Waals surface area contributed by atoms with E-state index in [1.54, 1.807) is 19.1 Å². The first kappa shape index (κ1) is 12.1. The van der Waals surface area contributed by atoms with Crippen LogP contribution in [-0.4, -0.2) is 11.1 Å². The van der Waals surface area contributed by atoms with Crippen LogP contribution in [0, 0.1) is 18.3 Å². The van der Waals surface area contributed by atoms with Crippen molar-refractivity contribution < 1.29 is 9.32 Å². The third-order valence-electron chi connectivity index (χ3n) is 2.35. The maximum absolute atomic E-state index is 11.9. The van der Waals surface area contributed by atoms with E-state index in [0.29, 0.717) is 27.6 Å². The zero-order chi connectivity index (χ0) is 13.1. The Balaban J connectivity index is 2.30. The second-order valence-electron chi connectivity index (χ2n) is 3.55. The summed E-state index contributed by atoms with van der Waals surface area (Å²) in [5, 5.41) is 15.5. The van der Waals surface area contributed by atoms with E-state index in [4.69, 9.17) is 21.4 Å². The summed E-state index contributed by atoms with van der Waals surface area (Å²) in [6.45, 7) is 1.63. The van der Waals surface area contributed by atoms with E-state index in [0.717, 1.165) is 0 Å². The molecule has 1 N–H and O–H groups in total. The summed E-state index contributed by atoms with van der Waals surface area (Å²) >= 11 is 5.82. The number of amides is 1. The molecule has 0 aliphatic carbocycles. The van der Waals surface area contributed by atoms with Crippen molar-refractivity contribution in [3.63, 3.8) is 0 Å². The van der Waals surface area contributed by atoms with Gasteiger partial charge in [0.25, 0.3) is 5.91 Å². The van der Waals surface area contributed by atoms with Crippen LogP contribution in [-0.2, 0) is 0 Å². The highest BCUT2D eigenvalue weighted by molar-refractivity contribution is 6.31. The van der Waals surface area contributed by atoms with Gasteiger partial charge in [-0.15, -0.1) is 0 Å². The van der Waals surface area contributed by atoms with Crippen molar-refractivity contribution in [1.29, 1.82) is 5.26 Å². The predicted molar refractivity (Wildman–Crippen MR) is 65.4 cm³/mol. The fourth-order valence-corrected chi connectivity index (χ4v) is 1.60. The monoisotopic (exact) mass is 261 g/mol. The number of aromatic nitrogens is 1. The normalized spacial score (nSPS) is 9.83. The molecule has 18 heavy (non-hydrogen) atoms. The van der Waals surface area contributed by atoms with Crippen molar-refractivity contribution in [2.45, 2.75) is 6.92 Å². The van der Waals surface area contributed by atoms with E-state index >= 15 is 0 Å². The minimum absolute atomic E-state index is 0.318. The molecule has 1 aromatic heterocycles. The standard InChI is InChI=1S/C12H8ClN3O2/c1-7-10(6-15-18-7)12(17)16-11-4-9(13)3-2-8(11)5-14/h2-4,6H,1H3,(H,16,17). The molecule has 2 aromatic rings. The molecule has 0 atom stereocenters. The van der Waals surface area contributed by atoms with Crippen LogP contribution in [0.15, 0.2) is 28.9 Å². The van der Waals surface area contributed by atoms with Crippen molar-refractivity contribution in [3.8, 4) is 6.07 Å². The number of nitrogens with zero attached hydrogens (tertiary/aromatic N) is 2. The first-order chi connectivity index (χ1) is 8.61. The van der Waals surface area contributed by atoms with Crippen LogP contribution in [0.5, 0.6) is 0 Å². The lowest BCUT2D eigenvalue weighted by Crippen LogP contribution is -2.13. The SMILES string of the molecule is Cc1oncc1C(=O)Nc1cc(Cl)ccc1C#N. The first-order valence-electron chi connectivity index (χ1n) is 5.04. The van der Waals surface area contributed by atoms with Crippen LogP contribution in [0.25, 0.3) is 0 Å². The molecule has 6 heteroatoms. The Labute approximate surface area is 108 Å². The van der Waals surface area contributed by atoms with Crippen LogP contribution in [0.1, 0.15) is 21.7 Å². The van der Waals surface area contributed by atoms with Gasteiger partial charge in [-0.25, -0.2) is 0 Å². The number of aryl methyl sites for hydroxylation is 1. The smallest absolute Gasteiger partial charge is 0.260 e. The summed E-state index contributed by atoms with van der Waals surface area (Å²) in [5.41, 5.74) is 1.01. The zero-order valence-corrected chi connectivity index (χ0v) is 10.2.